The molecule has 1 aliphatic heterocycles. The topological polar surface area (TPSA) is 58.1 Å². The normalized spacial score (nSPS) is 14.1. The third-order valence-electron chi connectivity index (χ3n) is 4.29. The Morgan fingerprint density at radius 2 is 2.12 bits per heavy atom. The summed E-state index contributed by atoms with van der Waals surface area (Å²) in [7, 11) is 0. The number of amides is 1. The number of pyridine rings is 2. The number of hydrogen-bond acceptors (Lipinski definition) is 5. The fourth-order valence-corrected chi connectivity index (χ4v) is 4.08. The SMILES string of the molecule is C.Cc1cc(C)c2cc(C(=O)NC3CN(c4cccnc4)C3)sc2n1. The molecule has 1 aliphatic rings. The molecule has 1 N–H and O–H groups in total. The number of rotatable bonds is 3. The van der Waals surface area contributed by atoms with Crippen LogP contribution in [0.25, 0.3) is 10.2 Å². The minimum absolute atomic E-state index is 0. The second-order valence-electron chi connectivity index (χ2n) is 6.20. The van der Waals surface area contributed by atoms with E-state index in [0.717, 1.165) is 39.6 Å². The summed E-state index contributed by atoms with van der Waals surface area (Å²) in [5.41, 5.74) is 3.25. The molecular formula is C19H22N4OS. The van der Waals surface area contributed by atoms with Crippen LogP contribution in [-0.2, 0) is 0 Å². The van der Waals surface area contributed by atoms with Crippen molar-refractivity contribution >= 4 is 33.1 Å². The summed E-state index contributed by atoms with van der Waals surface area (Å²) in [6.45, 7) is 5.67. The number of aryl methyl sites for hydroxylation is 2. The number of fused-ring (bicyclic) bond motifs is 1. The van der Waals surface area contributed by atoms with Crippen molar-refractivity contribution in [1.29, 1.82) is 0 Å². The van der Waals surface area contributed by atoms with Crippen LogP contribution in [0.1, 0.15) is 28.4 Å². The molecule has 0 bridgehead atoms. The number of nitrogens with zero attached hydrogens (tertiary/aromatic N) is 3. The Labute approximate surface area is 151 Å². The van der Waals surface area contributed by atoms with Crippen molar-refractivity contribution in [3.05, 3.63) is 52.8 Å². The molecule has 130 valence electrons. The number of aromatic nitrogens is 2. The van der Waals surface area contributed by atoms with E-state index in [0.29, 0.717) is 0 Å². The predicted octanol–water partition coefficient (Wildman–Crippen LogP) is 3.56. The number of anilines is 1. The lowest BCUT2D eigenvalue weighted by atomic mass is 10.1. The molecule has 4 heterocycles. The van der Waals surface area contributed by atoms with E-state index in [1.54, 1.807) is 6.20 Å². The highest BCUT2D eigenvalue weighted by Gasteiger charge is 2.29. The maximum absolute atomic E-state index is 12.5. The molecular weight excluding hydrogens is 332 g/mol. The van der Waals surface area contributed by atoms with Gasteiger partial charge in [-0.1, -0.05) is 7.43 Å². The molecule has 0 spiro atoms. The molecule has 4 rings (SSSR count). The third-order valence-corrected chi connectivity index (χ3v) is 5.32. The lowest BCUT2D eigenvalue weighted by Crippen LogP contribution is -2.59. The van der Waals surface area contributed by atoms with Crippen molar-refractivity contribution in [3.63, 3.8) is 0 Å². The Morgan fingerprint density at radius 1 is 1.32 bits per heavy atom. The van der Waals surface area contributed by atoms with E-state index in [2.05, 4.69) is 33.2 Å². The zero-order chi connectivity index (χ0) is 16.7. The van der Waals surface area contributed by atoms with Crippen LogP contribution in [-0.4, -0.2) is 35.0 Å². The molecule has 5 nitrogen and oxygen atoms in total. The Bertz CT molecular complexity index is 900. The number of hydrogen-bond donors (Lipinski definition) is 1. The van der Waals surface area contributed by atoms with Crippen molar-refractivity contribution in [2.75, 3.05) is 18.0 Å². The Balaban J connectivity index is 0.00000182. The zero-order valence-electron chi connectivity index (χ0n) is 13.6. The standard InChI is InChI=1S/C18H18N4OS.CH4/c1-11-6-12(2)20-18-15(11)7-16(24-18)17(23)21-13-9-22(10-13)14-4-3-5-19-8-14;/h3-8,13H,9-10H2,1-2H3,(H,21,23);1H4. The minimum Gasteiger partial charge on any atom is -0.366 e. The van der Waals surface area contributed by atoms with Crippen LogP contribution < -0.4 is 10.2 Å². The lowest BCUT2D eigenvalue weighted by Gasteiger charge is -2.40. The highest BCUT2D eigenvalue weighted by Crippen LogP contribution is 2.27. The van der Waals surface area contributed by atoms with E-state index in [1.807, 2.05) is 31.3 Å². The van der Waals surface area contributed by atoms with Gasteiger partial charge >= 0.3 is 0 Å². The first-order valence-corrected chi connectivity index (χ1v) is 8.75. The van der Waals surface area contributed by atoms with Crippen molar-refractivity contribution < 1.29 is 4.79 Å². The third kappa shape index (κ3) is 3.35. The van der Waals surface area contributed by atoms with Crippen LogP contribution in [0.4, 0.5) is 5.69 Å². The van der Waals surface area contributed by atoms with Crippen molar-refractivity contribution in [2.24, 2.45) is 0 Å². The summed E-state index contributed by atoms with van der Waals surface area (Å²) in [4.78, 5) is 25.0. The molecule has 6 heteroatoms. The van der Waals surface area contributed by atoms with E-state index < -0.39 is 0 Å². The summed E-state index contributed by atoms with van der Waals surface area (Å²) < 4.78 is 0. The van der Waals surface area contributed by atoms with Gasteiger partial charge in [0.1, 0.15) is 4.83 Å². The first-order chi connectivity index (χ1) is 11.6. The van der Waals surface area contributed by atoms with Crippen molar-refractivity contribution in [1.82, 2.24) is 15.3 Å². The fraction of sp³-hybridized carbons (Fsp3) is 0.316. The average Bonchev–Trinajstić information content (AvgIpc) is 2.95. The minimum atomic E-state index is -0.00844. The van der Waals surface area contributed by atoms with Gasteiger partial charge in [-0.3, -0.25) is 9.78 Å². The van der Waals surface area contributed by atoms with Gasteiger partial charge in [0, 0.05) is 30.4 Å². The Kier molecular flexibility index (Phi) is 4.72. The highest BCUT2D eigenvalue weighted by atomic mass is 32.1. The van der Waals surface area contributed by atoms with Crippen LogP contribution in [0.15, 0.2) is 36.7 Å². The number of nitrogens with one attached hydrogen (secondary N) is 1. The van der Waals surface area contributed by atoms with Gasteiger partial charge in [-0.25, -0.2) is 4.98 Å². The van der Waals surface area contributed by atoms with E-state index in [4.69, 9.17) is 0 Å². The lowest BCUT2D eigenvalue weighted by molar-refractivity contribution is 0.0934. The van der Waals surface area contributed by atoms with E-state index in [1.165, 1.54) is 16.9 Å². The fourth-order valence-electron chi connectivity index (χ4n) is 3.02. The summed E-state index contributed by atoms with van der Waals surface area (Å²) in [5.74, 6) is -0.00844. The van der Waals surface area contributed by atoms with Gasteiger partial charge in [0.15, 0.2) is 0 Å². The molecule has 3 aromatic rings. The monoisotopic (exact) mass is 354 g/mol. The van der Waals surface area contributed by atoms with Gasteiger partial charge in [0.25, 0.3) is 5.91 Å². The zero-order valence-corrected chi connectivity index (χ0v) is 14.4. The summed E-state index contributed by atoms with van der Waals surface area (Å²) in [6, 6.07) is 8.14. The van der Waals surface area contributed by atoms with Crippen LogP contribution >= 0.6 is 11.3 Å². The predicted molar refractivity (Wildman–Crippen MR) is 104 cm³/mol. The van der Waals surface area contributed by atoms with E-state index in [9.17, 15) is 4.79 Å². The van der Waals surface area contributed by atoms with Crippen LogP contribution in [0.5, 0.6) is 0 Å². The van der Waals surface area contributed by atoms with E-state index >= 15 is 0 Å². The highest BCUT2D eigenvalue weighted by molar-refractivity contribution is 7.20. The Morgan fingerprint density at radius 3 is 2.84 bits per heavy atom. The van der Waals surface area contributed by atoms with Gasteiger partial charge in [-0.2, -0.15) is 0 Å². The number of carbonyl (C=O) groups is 1. The van der Waals surface area contributed by atoms with Crippen LogP contribution in [0, 0.1) is 13.8 Å². The first-order valence-electron chi connectivity index (χ1n) is 7.94. The van der Waals surface area contributed by atoms with Gasteiger partial charge in [0.2, 0.25) is 0 Å². The molecule has 0 unspecified atom stereocenters. The number of thiophene rings is 1. The quantitative estimate of drug-likeness (QED) is 0.781. The molecule has 0 atom stereocenters. The molecule has 0 saturated carbocycles. The van der Waals surface area contributed by atoms with Crippen molar-refractivity contribution in [2.45, 2.75) is 27.3 Å². The molecule has 1 saturated heterocycles. The maximum atomic E-state index is 12.5. The smallest absolute Gasteiger partial charge is 0.261 e. The maximum Gasteiger partial charge on any atom is 0.261 e. The molecule has 1 amide bonds. The second-order valence-corrected chi connectivity index (χ2v) is 7.23. The molecule has 25 heavy (non-hydrogen) atoms. The molecule has 0 radical (unpaired) electrons. The first kappa shape index (κ1) is 17.4. The molecule has 0 aliphatic carbocycles. The average molecular weight is 354 g/mol. The second kappa shape index (κ2) is 6.80. The van der Waals surface area contributed by atoms with Crippen molar-refractivity contribution in [3.8, 4) is 0 Å². The van der Waals surface area contributed by atoms with Gasteiger partial charge in [-0.05, 0) is 43.7 Å². The molecule has 3 aromatic heterocycles. The van der Waals surface area contributed by atoms with Gasteiger partial charge < -0.3 is 10.2 Å². The van der Waals surface area contributed by atoms with E-state index in [-0.39, 0.29) is 19.4 Å². The summed E-state index contributed by atoms with van der Waals surface area (Å²) in [5, 5.41) is 4.18. The largest absolute Gasteiger partial charge is 0.366 e. The van der Waals surface area contributed by atoms with Gasteiger partial charge in [0.05, 0.1) is 22.8 Å². The van der Waals surface area contributed by atoms with Crippen LogP contribution in [0.3, 0.4) is 0 Å². The molecule has 1 fully saturated rings. The number of carbonyl (C=O) groups excluding carboxylic acids is 1. The molecule has 0 aromatic carbocycles. The van der Waals surface area contributed by atoms with Gasteiger partial charge in [-0.15, -0.1) is 11.3 Å². The summed E-state index contributed by atoms with van der Waals surface area (Å²) in [6.07, 6.45) is 3.61. The Hall–Kier alpha value is -2.47. The van der Waals surface area contributed by atoms with Crippen LogP contribution in [0.2, 0.25) is 0 Å². The summed E-state index contributed by atoms with van der Waals surface area (Å²) >= 11 is 1.46.